The standard InChI is InChI=1S/C16H15N3O6S/c1-10(20)17-12-3-5-13(6-4-12)18-16(21)11-7-14(19(22)23)9-15(8-11)26(2,24)25/h3-9H,1-2H3,(H,17,20)(H,18,21). The van der Waals surface area contributed by atoms with Crippen molar-refractivity contribution < 1.29 is 22.9 Å². The Morgan fingerprint density at radius 2 is 1.54 bits per heavy atom. The Kier molecular flexibility index (Phi) is 5.36. The molecule has 0 heterocycles. The van der Waals surface area contributed by atoms with Gasteiger partial charge >= 0.3 is 0 Å². The maximum absolute atomic E-state index is 12.3. The lowest BCUT2D eigenvalue weighted by atomic mass is 10.2. The number of amides is 2. The highest BCUT2D eigenvalue weighted by Gasteiger charge is 2.19. The van der Waals surface area contributed by atoms with Gasteiger partial charge in [-0.15, -0.1) is 0 Å². The van der Waals surface area contributed by atoms with Gasteiger partial charge in [0.2, 0.25) is 5.91 Å². The summed E-state index contributed by atoms with van der Waals surface area (Å²) in [6.45, 7) is 1.36. The third-order valence-electron chi connectivity index (χ3n) is 3.26. The summed E-state index contributed by atoms with van der Waals surface area (Å²) in [5.41, 5.74) is 0.242. The Hall–Kier alpha value is -3.27. The van der Waals surface area contributed by atoms with Crippen LogP contribution in [0, 0.1) is 10.1 Å². The van der Waals surface area contributed by atoms with Crippen LogP contribution in [-0.4, -0.2) is 31.4 Å². The van der Waals surface area contributed by atoms with E-state index in [-0.39, 0.29) is 16.4 Å². The molecule has 0 bridgehead atoms. The molecule has 0 spiro atoms. The van der Waals surface area contributed by atoms with Crippen LogP contribution in [-0.2, 0) is 14.6 Å². The van der Waals surface area contributed by atoms with Crippen LogP contribution in [0.3, 0.4) is 0 Å². The molecule has 2 rings (SSSR count). The van der Waals surface area contributed by atoms with E-state index in [0.29, 0.717) is 11.4 Å². The van der Waals surface area contributed by atoms with E-state index in [2.05, 4.69) is 10.6 Å². The molecule has 9 nitrogen and oxygen atoms in total. The summed E-state index contributed by atoms with van der Waals surface area (Å²) in [6.07, 6.45) is 0.897. The maximum Gasteiger partial charge on any atom is 0.271 e. The molecule has 0 aliphatic carbocycles. The zero-order valence-electron chi connectivity index (χ0n) is 13.8. The van der Waals surface area contributed by atoms with Crippen molar-refractivity contribution >= 4 is 38.7 Å². The Morgan fingerprint density at radius 3 is 2.00 bits per heavy atom. The number of anilines is 2. The van der Waals surface area contributed by atoms with Crippen LogP contribution in [0.25, 0.3) is 0 Å². The number of nitrogens with zero attached hydrogens (tertiary/aromatic N) is 1. The molecule has 0 unspecified atom stereocenters. The lowest BCUT2D eigenvalue weighted by Crippen LogP contribution is -2.13. The maximum atomic E-state index is 12.3. The number of nitro benzene ring substituents is 1. The Morgan fingerprint density at radius 1 is 1.00 bits per heavy atom. The highest BCUT2D eigenvalue weighted by molar-refractivity contribution is 7.90. The smallest absolute Gasteiger partial charge is 0.271 e. The molecule has 0 aliphatic heterocycles. The summed E-state index contributed by atoms with van der Waals surface area (Å²) in [5.74, 6) is -0.947. The number of benzene rings is 2. The molecule has 26 heavy (non-hydrogen) atoms. The minimum absolute atomic E-state index is 0.162. The summed E-state index contributed by atoms with van der Waals surface area (Å²) < 4.78 is 23.4. The molecule has 0 saturated heterocycles. The van der Waals surface area contributed by atoms with Crippen molar-refractivity contribution in [1.82, 2.24) is 0 Å². The van der Waals surface area contributed by atoms with Gasteiger partial charge in [-0.05, 0) is 30.3 Å². The molecular weight excluding hydrogens is 362 g/mol. The quantitative estimate of drug-likeness (QED) is 0.606. The van der Waals surface area contributed by atoms with E-state index < -0.39 is 26.4 Å². The molecule has 0 radical (unpaired) electrons. The second-order valence-corrected chi connectivity index (χ2v) is 7.47. The van der Waals surface area contributed by atoms with Crippen LogP contribution in [0.15, 0.2) is 47.4 Å². The number of carbonyl (C=O) groups excluding carboxylic acids is 2. The number of sulfone groups is 1. The van der Waals surface area contributed by atoms with Crippen molar-refractivity contribution in [2.75, 3.05) is 16.9 Å². The van der Waals surface area contributed by atoms with Gasteiger partial charge in [0, 0.05) is 42.3 Å². The first-order chi connectivity index (χ1) is 12.1. The van der Waals surface area contributed by atoms with Crippen molar-refractivity contribution in [3.8, 4) is 0 Å². The molecule has 0 aliphatic rings. The SMILES string of the molecule is CC(=O)Nc1ccc(NC(=O)c2cc([N+](=O)[O-])cc(S(C)(=O)=O)c2)cc1. The second-order valence-electron chi connectivity index (χ2n) is 5.46. The number of nitrogens with one attached hydrogen (secondary N) is 2. The van der Waals surface area contributed by atoms with Crippen LogP contribution in [0.4, 0.5) is 17.1 Å². The monoisotopic (exact) mass is 377 g/mol. The fourth-order valence-electron chi connectivity index (χ4n) is 2.08. The van der Waals surface area contributed by atoms with Gasteiger partial charge in [-0.25, -0.2) is 8.42 Å². The molecular formula is C16H15N3O6S. The summed E-state index contributed by atoms with van der Waals surface area (Å²) in [6, 6.07) is 9.14. The molecule has 2 N–H and O–H groups in total. The van der Waals surface area contributed by atoms with Gasteiger partial charge in [0.05, 0.1) is 9.82 Å². The van der Waals surface area contributed by atoms with E-state index in [1.807, 2.05) is 0 Å². The zero-order chi connectivity index (χ0) is 19.5. The van der Waals surface area contributed by atoms with E-state index >= 15 is 0 Å². The summed E-state index contributed by atoms with van der Waals surface area (Å²) in [5, 5.41) is 16.1. The first-order valence-electron chi connectivity index (χ1n) is 7.25. The van der Waals surface area contributed by atoms with Crippen LogP contribution >= 0.6 is 0 Å². The van der Waals surface area contributed by atoms with Crippen molar-refractivity contribution in [3.05, 3.63) is 58.1 Å². The van der Waals surface area contributed by atoms with E-state index in [0.717, 1.165) is 24.5 Å². The van der Waals surface area contributed by atoms with Gasteiger partial charge in [-0.2, -0.15) is 0 Å². The lowest BCUT2D eigenvalue weighted by Gasteiger charge is -2.08. The molecule has 2 aromatic rings. The van der Waals surface area contributed by atoms with E-state index in [4.69, 9.17) is 0 Å². The highest BCUT2D eigenvalue weighted by Crippen LogP contribution is 2.22. The summed E-state index contributed by atoms with van der Waals surface area (Å²) in [7, 11) is -3.73. The minimum atomic E-state index is -3.73. The molecule has 0 fully saturated rings. The number of hydrogen-bond acceptors (Lipinski definition) is 6. The Labute approximate surface area is 149 Å². The molecule has 10 heteroatoms. The fourth-order valence-corrected chi connectivity index (χ4v) is 2.75. The van der Waals surface area contributed by atoms with Crippen molar-refractivity contribution in [2.24, 2.45) is 0 Å². The molecule has 0 aromatic heterocycles. The molecule has 0 saturated carbocycles. The second kappa shape index (κ2) is 7.31. The van der Waals surface area contributed by atoms with Crippen LogP contribution in [0.1, 0.15) is 17.3 Å². The van der Waals surface area contributed by atoms with Gasteiger partial charge in [0.15, 0.2) is 9.84 Å². The average molecular weight is 377 g/mol. The third kappa shape index (κ3) is 4.86. The fraction of sp³-hybridized carbons (Fsp3) is 0.125. The number of carbonyl (C=O) groups is 2. The van der Waals surface area contributed by atoms with Crippen LogP contribution in [0.5, 0.6) is 0 Å². The highest BCUT2D eigenvalue weighted by atomic mass is 32.2. The number of non-ortho nitro benzene ring substituents is 1. The summed E-state index contributed by atoms with van der Waals surface area (Å²) >= 11 is 0. The van der Waals surface area contributed by atoms with E-state index in [1.54, 1.807) is 12.1 Å². The van der Waals surface area contributed by atoms with Gasteiger partial charge in [0.1, 0.15) is 0 Å². The van der Waals surface area contributed by atoms with Crippen LogP contribution < -0.4 is 10.6 Å². The number of hydrogen-bond donors (Lipinski definition) is 2. The number of nitro groups is 1. The van der Waals surface area contributed by atoms with E-state index in [9.17, 15) is 28.1 Å². The first-order valence-corrected chi connectivity index (χ1v) is 9.14. The Bertz CT molecular complexity index is 984. The Balaban J connectivity index is 2.30. The van der Waals surface area contributed by atoms with Crippen molar-refractivity contribution in [2.45, 2.75) is 11.8 Å². The predicted molar refractivity (Wildman–Crippen MR) is 94.9 cm³/mol. The largest absolute Gasteiger partial charge is 0.326 e. The van der Waals surface area contributed by atoms with E-state index in [1.165, 1.54) is 19.1 Å². The molecule has 2 amide bonds. The normalized spacial score (nSPS) is 10.8. The minimum Gasteiger partial charge on any atom is -0.326 e. The first kappa shape index (κ1) is 19.1. The van der Waals surface area contributed by atoms with Crippen molar-refractivity contribution in [3.63, 3.8) is 0 Å². The van der Waals surface area contributed by atoms with Gasteiger partial charge < -0.3 is 10.6 Å². The molecule has 136 valence electrons. The molecule has 0 atom stereocenters. The zero-order valence-corrected chi connectivity index (χ0v) is 14.7. The third-order valence-corrected chi connectivity index (χ3v) is 4.35. The van der Waals surface area contributed by atoms with Gasteiger partial charge in [-0.3, -0.25) is 19.7 Å². The van der Waals surface area contributed by atoms with Gasteiger partial charge in [-0.1, -0.05) is 0 Å². The molecule has 2 aromatic carbocycles. The van der Waals surface area contributed by atoms with Crippen LogP contribution in [0.2, 0.25) is 0 Å². The average Bonchev–Trinajstić information content (AvgIpc) is 2.55. The predicted octanol–water partition coefficient (Wildman–Crippen LogP) is 2.21. The number of rotatable bonds is 5. The van der Waals surface area contributed by atoms with Crippen molar-refractivity contribution in [1.29, 1.82) is 0 Å². The van der Waals surface area contributed by atoms with Gasteiger partial charge in [0.25, 0.3) is 11.6 Å². The lowest BCUT2D eigenvalue weighted by molar-refractivity contribution is -0.385. The summed E-state index contributed by atoms with van der Waals surface area (Å²) in [4.78, 5) is 33.2. The topological polar surface area (TPSA) is 135 Å².